The zero-order valence-electron chi connectivity index (χ0n) is 17.2. The lowest BCUT2D eigenvalue weighted by atomic mass is 9.79. The Bertz CT molecular complexity index is 1400. The number of phenolic OH excluding ortho intramolecular Hbond substituents is 1. The Kier molecular flexibility index (Phi) is 3.69. The highest BCUT2D eigenvalue weighted by atomic mass is 16.3. The monoisotopic (exact) mass is 406 g/mol. The van der Waals surface area contributed by atoms with Crippen LogP contribution >= 0.6 is 0 Å². The fourth-order valence-corrected chi connectivity index (χ4v) is 5.44. The number of aromatic hydroxyl groups is 1. The quantitative estimate of drug-likeness (QED) is 0.479. The number of aromatic amines is 1. The number of H-pyrrole nitrogens is 1. The minimum Gasteiger partial charge on any atom is -0.507 e. The Balaban J connectivity index is 1.70. The SMILES string of the molecule is CC(=C[C@@]12c3ccccc3C(=O)N1CCc1c2[nH]c2ccccc12)c1ccccc1O. The maximum absolute atomic E-state index is 13.5. The highest BCUT2D eigenvalue weighted by Crippen LogP contribution is 2.51. The first kappa shape index (κ1) is 18.0. The molecule has 0 spiro atoms. The van der Waals surface area contributed by atoms with Crippen LogP contribution in [-0.2, 0) is 12.0 Å². The average Bonchev–Trinajstić information content (AvgIpc) is 3.29. The second kappa shape index (κ2) is 6.35. The van der Waals surface area contributed by atoms with Gasteiger partial charge in [-0.25, -0.2) is 0 Å². The Morgan fingerprint density at radius 1 is 1.03 bits per heavy atom. The van der Waals surface area contributed by atoms with E-state index in [4.69, 9.17) is 0 Å². The second-order valence-electron chi connectivity index (χ2n) is 8.39. The number of nitrogens with zero attached hydrogens (tertiary/aromatic N) is 1. The normalized spacial score (nSPS) is 20.0. The zero-order chi connectivity index (χ0) is 21.2. The molecule has 1 amide bonds. The molecule has 2 N–H and O–H groups in total. The molecule has 4 aromatic rings. The Hall–Kier alpha value is -3.79. The summed E-state index contributed by atoms with van der Waals surface area (Å²) in [5, 5.41) is 11.7. The number of benzene rings is 3. The van der Waals surface area contributed by atoms with Crippen molar-refractivity contribution in [2.75, 3.05) is 6.54 Å². The van der Waals surface area contributed by atoms with E-state index >= 15 is 0 Å². The van der Waals surface area contributed by atoms with Crippen molar-refractivity contribution in [1.82, 2.24) is 9.88 Å². The van der Waals surface area contributed by atoms with Crippen molar-refractivity contribution < 1.29 is 9.90 Å². The van der Waals surface area contributed by atoms with E-state index in [9.17, 15) is 9.90 Å². The van der Waals surface area contributed by atoms with E-state index in [-0.39, 0.29) is 11.7 Å². The van der Waals surface area contributed by atoms with Crippen molar-refractivity contribution in [3.8, 4) is 5.75 Å². The van der Waals surface area contributed by atoms with E-state index in [2.05, 4.69) is 35.3 Å². The van der Waals surface area contributed by atoms with Crippen LogP contribution in [0.2, 0.25) is 0 Å². The summed E-state index contributed by atoms with van der Waals surface area (Å²) in [6, 6.07) is 23.6. The molecule has 31 heavy (non-hydrogen) atoms. The van der Waals surface area contributed by atoms with Crippen LogP contribution in [-0.4, -0.2) is 27.4 Å². The van der Waals surface area contributed by atoms with Crippen molar-refractivity contribution in [2.24, 2.45) is 0 Å². The number of carbonyl (C=O) groups is 1. The van der Waals surface area contributed by atoms with E-state index in [0.29, 0.717) is 6.54 Å². The van der Waals surface area contributed by atoms with E-state index in [0.717, 1.165) is 39.9 Å². The molecule has 0 radical (unpaired) electrons. The number of amides is 1. The van der Waals surface area contributed by atoms with Crippen LogP contribution in [0.25, 0.3) is 16.5 Å². The number of carbonyl (C=O) groups excluding carboxylic acids is 1. The van der Waals surface area contributed by atoms with Gasteiger partial charge in [0.1, 0.15) is 11.3 Å². The molecule has 1 aromatic heterocycles. The molecular formula is C27H22N2O2. The van der Waals surface area contributed by atoms with Gasteiger partial charge < -0.3 is 15.0 Å². The fraction of sp³-hybridized carbons (Fsp3) is 0.148. The predicted octanol–water partition coefficient (Wildman–Crippen LogP) is 5.23. The third-order valence-corrected chi connectivity index (χ3v) is 6.77. The lowest BCUT2D eigenvalue weighted by molar-refractivity contribution is 0.0666. The molecule has 4 heteroatoms. The average molecular weight is 406 g/mol. The zero-order valence-corrected chi connectivity index (χ0v) is 17.2. The molecule has 3 heterocycles. The van der Waals surface area contributed by atoms with Crippen molar-refractivity contribution in [3.05, 3.63) is 107 Å². The van der Waals surface area contributed by atoms with Gasteiger partial charge in [0.2, 0.25) is 0 Å². The molecule has 4 nitrogen and oxygen atoms in total. The first-order valence-corrected chi connectivity index (χ1v) is 10.6. The van der Waals surface area contributed by atoms with Gasteiger partial charge in [-0.05, 0) is 48.8 Å². The Morgan fingerprint density at radius 3 is 2.65 bits per heavy atom. The molecule has 0 bridgehead atoms. The predicted molar refractivity (Wildman–Crippen MR) is 122 cm³/mol. The van der Waals surface area contributed by atoms with Crippen molar-refractivity contribution in [3.63, 3.8) is 0 Å². The number of hydrogen-bond acceptors (Lipinski definition) is 2. The maximum Gasteiger partial charge on any atom is 0.255 e. The number of para-hydroxylation sites is 2. The molecule has 6 rings (SSSR count). The molecule has 0 saturated carbocycles. The lowest BCUT2D eigenvalue weighted by Gasteiger charge is -2.41. The highest BCUT2D eigenvalue weighted by Gasteiger charge is 2.53. The maximum atomic E-state index is 13.5. The van der Waals surface area contributed by atoms with Crippen LogP contribution in [0, 0.1) is 0 Å². The van der Waals surface area contributed by atoms with Gasteiger partial charge in [0, 0.05) is 34.1 Å². The topological polar surface area (TPSA) is 56.3 Å². The number of allylic oxidation sites excluding steroid dienone is 1. The van der Waals surface area contributed by atoms with Gasteiger partial charge in [-0.3, -0.25) is 4.79 Å². The Morgan fingerprint density at radius 2 is 1.77 bits per heavy atom. The molecule has 0 saturated heterocycles. The molecule has 0 aliphatic carbocycles. The van der Waals surface area contributed by atoms with Gasteiger partial charge >= 0.3 is 0 Å². The summed E-state index contributed by atoms with van der Waals surface area (Å²) in [4.78, 5) is 19.1. The minimum absolute atomic E-state index is 0.0567. The number of phenols is 1. The number of fused-ring (bicyclic) bond motifs is 7. The van der Waals surface area contributed by atoms with Crippen LogP contribution in [0.1, 0.15) is 39.7 Å². The summed E-state index contributed by atoms with van der Waals surface area (Å²) in [6.07, 6.45) is 2.96. The van der Waals surface area contributed by atoms with E-state index < -0.39 is 5.54 Å². The standard InChI is InChI=1S/C27H22N2O2/c1-17(18-8-4-7-13-24(18)30)16-27-22-11-5-2-10-21(22)26(31)29(27)15-14-20-19-9-3-6-12-23(19)28-25(20)27/h2-13,16,28,30H,14-15H2,1H3/t27-/m0/s1. The van der Waals surface area contributed by atoms with Gasteiger partial charge in [0.25, 0.3) is 5.91 Å². The number of rotatable bonds is 2. The van der Waals surface area contributed by atoms with Gasteiger partial charge in [0.15, 0.2) is 0 Å². The van der Waals surface area contributed by atoms with Crippen LogP contribution in [0.3, 0.4) is 0 Å². The lowest BCUT2D eigenvalue weighted by Crippen LogP contribution is -2.48. The smallest absolute Gasteiger partial charge is 0.255 e. The highest BCUT2D eigenvalue weighted by molar-refractivity contribution is 6.03. The molecule has 0 unspecified atom stereocenters. The Labute approximate surface area is 180 Å². The van der Waals surface area contributed by atoms with Gasteiger partial charge in [-0.2, -0.15) is 0 Å². The summed E-state index contributed by atoms with van der Waals surface area (Å²) in [7, 11) is 0. The first-order chi connectivity index (χ1) is 15.1. The summed E-state index contributed by atoms with van der Waals surface area (Å²) < 4.78 is 0. The fourth-order valence-electron chi connectivity index (χ4n) is 5.44. The van der Waals surface area contributed by atoms with Gasteiger partial charge in [-0.1, -0.05) is 54.6 Å². The van der Waals surface area contributed by atoms with Crippen molar-refractivity contribution in [1.29, 1.82) is 0 Å². The van der Waals surface area contributed by atoms with Crippen LogP contribution < -0.4 is 0 Å². The van der Waals surface area contributed by atoms with Crippen molar-refractivity contribution in [2.45, 2.75) is 18.9 Å². The summed E-state index contributed by atoms with van der Waals surface area (Å²) in [6.45, 7) is 2.65. The molecule has 3 aromatic carbocycles. The van der Waals surface area contributed by atoms with Crippen LogP contribution in [0.5, 0.6) is 5.75 Å². The third kappa shape index (κ3) is 2.33. The third-order valence-electron chi connectivity index (χ3n) is 6.77. The van der Waals surface area contributed by atoms with Crippen LogP contribution in [0.15, 0.2) is 78.9 Å². The number of nitrogens with one attached hydrogen (secondary N) is 1. The summed E-state index contributed by atoms with van der Waals surface area (Å²) in [5.74, 6) is 0.297. The summed E-state index contributed by atoms with van der Waals surface area (Å²) >= 11 is 0. The summed E-state index contributed by atoms with van der Waals surface area (Å²) in [5.41, 5.74) is 6.10. The molecule has 152 valence electrons. The molecule has 1 atom stereocenters. The van der Waals surface area contributed by atoms with E-state index in [1.54, 1.807) is 6.07 Å². The number of hydrogen-bond donors (Lipinski definition) is 2. The van der Waals surface area contributed by atoms with Crippen LogP contribution in [0.4, 0.5) is 0 Å². The van der Waals surface area contributed by atoms with Gasteiger partial charge in [0.05, 0.1) is 5.69 Å². The minimum atomic E-state index is -0.730. The van der Waals surface area contributed by atoms with E-state index in [1.807, 2.05) is 54.3 Å². The second-order valence-corrected chi connectivity index (χ2v) is 8.39. The van der Waals surface area contributed by atoms with Crippen molar-refractivity contribution >= 4 is 22.4 Å². The number of aromatic nitrogens is 1. The largest absolute Gasteiger partial charge is 0.507 e. The molecule has 0 fully saturated rings. The molecule has 2 aliphatic heterocycles. The first-order valence-electron chi connectivity index (χ1n) is 10.6. The molecule has 2 aliphatic rings. The molecular weight excluding hydrogens is 384 g/mol. The van der Waals surface area contributed by atoms with Gasteiger partial charge in [-0.15, -0.1) is 0 Å². The van der Waals surface area contributed by atoms with E-state index in [1.165, 1.54) is 10.9 Å².